The van der Waals surface area contributed by atoms with E-state index in [1.807, 2.05) is 12.1 Å². The highest BCUT2D eigenvalue weighted by Gasteiger charge is 2.30. The Kier molecular flexibility index (Phi) is 4.43. The van der Waals surface area contributed by atoms with Gasteiger partial charge in [0.15, 0.2) is 0 Å². The predicted octanol–water partition coefficient (Wildman–Crippen LogP) is 6.09. The van der Waals surface area contributed by atoms with Crippen molar-refractivity contribution in [2.75, 3.05) is 0 Å². The average molecular weight is 422 g/mol. The molecule has 3 aromatic heterocycles. The number of fused-ring (bicyclic) bond motifs is 1. The molecule has 31 heavy (non-hydrogen) atoms. The molecule has 0 unspecified atom stereocenters. The molecule has 1 N–H and O–H groups in total. The molecule has 0 spiro atoms. The molecule has 0 fully saturated rings. The summed E-state index contributed by atoms with van der Waals surface area (Å²) in [5.41, 5.74) is 1.45. The maximum atomic E-state index is 12.7. The van der Waals surface area contributed by atoms with Gasteiger partial charge in [0.25, 0.3) is 5.89 Å². The fourth-order valence-electron chi connectivity index (χ4n) is 3.10. The molecular weight excluding hydrogens is 409 g/mol. The summed E-state index contributed by atoms with van der Waals surface area (Å²) in [6.45, 7) is 0. The number of rotatable bonds is 4. The lowest BCUT2D eigenvalue weighted by Crippen LogP contribution is -2.03. The third kappa shape index (κ3) is 3.73. The van der Waals surface area contributed by atoms with E-state index in [0.717, 1.165) is 28.7 Å². The molecule has 0 bridgehead atoms. The number of nitrogens with zero attached hydrogens (tertiary/aromatic N) is 3. The maximum Gasteiger partial charge on any atom is 0.416 e. The van der Waals surface area contributed by atoms with Crippen LogP contribution in [0.3, 0.4) is 0 Å². The lowest BCUT2D eigenvalue weighted by atomic mass is 10.2. The summed E-state index contributed by atoms with van der Waals surface area (Å²) in [4.78, 5) is 11.7. The quantitative estimate of drug-likeness (QED) is 0.379. The molecule has 0 amide bonds. The first-order valence-corrected chi connectivity index (χ1v) is 9.19. The number of aromatic nitrogens is 4. The number of halogens is 3. The highest BCUT2D eigenvalue weighted by atomic mass is 19.4. The highest BCUT2D eigenvalue weighted by Crippen LogP contribution is 2.32. The van der Waals surface area contributed by atoms with E-state index >= 15 is 0 Å². The number of hydrogen-bond acceptors (Lipinski definition) is 5. The Morgan fingerprint density at radius 3 is 2.32 bits per heavy atom. The molecule has 0 atom stereocenters. The molecule has 0 aliphatic carbocycles. The van der Waals surface area contributed by atoms with Gasteiger partial charge in [-0.2, -0.15) is 18.2 Å². The monoisotopic (exact) mass is 422 g/mol. The topological polar surface area (TPSA) is 76.8 Å². The van der Waals surface area contributed by atoms with Gasteiger partial charge < -0.3 is 14.2 Å². The molecular formula is C22H13F3N4O2. The van der Waals surface area contributed by atoms with Crippen molar-refractivity contribution in [3.8, 4) is 34.3 Å². The van der Waals surface area contributed by atoms with Gasteiger partial charge in [-0.05, 0) is 60.7 Å². The van der Waals surface area contributed by atoms with Crippen molar-refractivity contribution >= 4 is 11.0 Å². The van der Waals surface area contributed by atoms with Gasteiger partial charge in [0.1, 0.15) is 17.1 Å². The lowest BCUT2D eigenvalue weighted by Gasteiger charge is -2.09. The number of hydrogen-bond donors (Lipinski definition) is 1. The van der Waals surface area contributed by atoms with E-state index in [9.17, 15) is 13.2 Å². The van der Waals surface area contributed by atoms with E-state index in [0.29, 0.717) is 28.8 Å². The van der Waals surface area contributed by atoms with Gasteiger partial charge in [-0.1, -0.05) is 5.16 Å². The number of ether oxygens (including phenoxy) is 1. The van der Waals surface area contributed by atoms with Crippen LogP contribution in [0.4, 0.5) is 13.2 Å². The molecule has 0 radical (unpaired) electrons. The zero-order valence-corrected chi connectivity index (χ0v) is 15.7. The zero-order chi connectivity index (χ0) is 21.4. The number of H-pyrrole nitrogens is 1. The summed E-state index contributed by atoms with van der Waals surface area (Å²) in [7, 11) is 0. The summed E-state index contributed by atoms with van der Waals surface area (Å²) in [6, 6.07) is 15.1. The van der Waals surface area contributed by atoms with E-state index in [-0.39, 0.29) is 0 Å². The second-order valence-electron chi connectivity index (χ2n) is 6.67. The van der Waals surface area contributed by atoms with Gasteiger partial charge in [-0.3, -0.25) is 0 Å². The van der Waals surface area contributed by atoms with Gasteiger partial charge in [0, 0.05) is 23.3 Å². The molecule has 0 saturated carbocycles. The minimum Gasteiger partial charge on any atom is -0.457 e. The Morgan fingerprint density at radius 2 is 1.61 bits per heavy atom. The molecule has 5 rings (SSSR count). The van der Waals surface area contributed by atoms with Crippen LogP contribution in [0.25, 0.3) is 33.9 Å². The van der Waals surface area contributed by atoms with E-state index in [4.69, 9.17) is 9.26 Å². The molecule has 5 aromatic rings. The van der Waals surface area contributed by atoms with Crippen LogP contribution < -0.4 is 4.74 Å². The number of aromatic amines is 1. The Hall–Kier alpha value is -4.14. The third-order valence-electron chi connectivity index (χ3n) is 4.64. The standard InChI is InChI=1S/C22H13F3N4O2/c23-22(24,25)14-5-9-16(10-6-14)30-15-7-3-13(4-8-15)19-28-21(31-29-19)18-12-27-20-17(18)2-1-11-26-20/h1-12H,(H,26,27). The minimum absolute atomic E-state index is 0.301. The Balaban J connectivity index is 1.34. The van der Waals surface area contributed by atoms with Crippen molar-refractivity contribution in [2.24, 2.45) is 0 Å². The van der Waals surface area contributed by atoms with Crippen LogP contribution in [0.1, 0.15) is 5.56 Å². The van der Waals surface area contributed by atoms with Gasteiger partial charge in [0.2, 0.25) is 5.82 Å². The van der Waals surface area contributed by atoms with Crippen LogP contribution in [0, 0.1) is 0 Å². The fraction of sp³-hybridized carbons (Fsp3) is 0.0455. The number of pyridine rings is 1. The first kappa shape index (κ1) is 18.9. The molecule has 0 aliphatic rings. The second-order valence-corrected chi connectivity index (χ2v) is 6.67. The molecule has 9 heteroatoms. The first-order chi connectivity index (χ1) is 15.0. The molecule has 2 aromatic carbocycles. The normalized spacial score (nSPS) is 11.7. The van der Waals surface area contributed by atoms with Crippen LogP contribution >= 0.6 is 0 Å². The number of benzene rings is 2. The van der Waals surface area contributed by atoms with Crippen molar-refractivity contribution in [3.05, 3.63) is 78.6 Å². The molecule has 3 heterocycles. The van der Waals surface area contributed by atoms with Crippen LogP contribution in [0.5, 0.6) is 11.5 Å². The maximum absolute atomic E-state index is 12.7. The molecule has 154 valence electrons. The third-order valence-corrected chi connectivity index (χ3v) is 4.64. The smallest absolute Gasteiger partial charge is 0.416 e. The SMILES string of the molecule is FC(F)(F)c1ccc(Oc2ccc(-c3noc(-c4c[nH]c5ncccc45)n3)cc2)cc1. The highest BCUT2D eigenvalue weighted by molar-refractivity contribution is 5.91. The van der Waals surface area contributed by atoms with E-state index in [1.165, 1.54) is 12.1 Å². The van der Waals surface area contributed by atoms with Crippen LogP contribution in [0.2, 0.25) is 0 Å². The van der Waals surface area contributed by atoms with Gasteiger partial charge in [-0.15, -0.1) is 0 Å². The summed E-state index contributed by atoms with van der Waals surface area (Å²) in [6.07, 6.45) is -0.932. The van der Waals surface area contributed by atoms with E-state index in [2.05, 4.69) is 20.1 Å². The second kappa shape index (κ2) is 7.28. The van der Waals surface area contributed by atoms with Crippen LogP contribution in [-0.4, -0.2) is 20.1 Å². The van der Waals surface area contributed by atoms with Crippen molar-refractivity contribution in [1.29, 1.82) is 0 Å². The number of nitrogens with one attached hydrogen (secondary N) is 1. The van der Waals surface area contributed by atoms with Crippen molar-refractivity contribution in [2.45, 2.75) is 6.18 Å². The van der Waals surface area contributed by atoms with Crippen molar-refractivity contribution < 1.29 is 22.4 Å². The summed E-state index contributed by atoms with van der Waals surface area (Å²) in [5, 5.41) is 4.90. The van der Waals surface area contributed by atoms with Crippen LogP contribution in [-0.2, 0) is 6.18 Å². The fourth-order valence-corrected chi connectivity index (χ4v) is 3.10. The molecule has 6 nitrogen and oxygen atoms in total. The first-order valence-electron chi connectivity index (χ1n) is 9.19. The predicted molar refractivity (Wildman–Crippen MR) is 106 cm³/mol. The molecule has 0 aliphatic heterocycles. The van der Waals surface area contributed by atoms with Gasteiger partial charge in [0.05, 0.1) is 11.1 Å². The van der Waals surface area contributed by atoms with Crippen molar-refractivity contribution in [1.82, 2.24) is 20.1 Å². The summed E-state index contributed by atoms with van der Waals surface area (Å²) < 4.78 is 49.0. The largest absolute Gasteiger partial charge is 0.457 e. The summed E-state index contributed by atoms with van der Waals surface area (Å²) in [5.74, 6) is 1.53. The Labute approximate surface area is 173 Å². The Bertz CT molecular complexity index is 1340. The Morgan fingerprint density at radius 1 is 0.903 bits per heavy atom. The van der Waals surface area contributed by atoms with Gasteiger partial charge >= 0.3 is 6.18 Å². The van der Waals surface area contributed by atoms with E-state index < -0.39 is 11.7 Å². The van der Waals surface area contributed by atoms with Crippen molar-refractivity contribution in [3.63, 3.8) is 0 Å². The average Bonchev–Trinajstić information content (AvgIpc) is 3.41. The van der Waals surface area contributed by atoms with Crippen LogP contribution in [0.15, 0.2) is 77.6 Å². The minimum atomic E-state index is -4.38. The summed E-state index contributed by atoms with van der Waals surface area (Å²) >= 11 is 0. The molecule has 0 saturated heterocycles. The number of alkyl halides is 3. The lowest BCUT2D eigenvalue weighted by molar-refractivity contribution is -0.137. The van der Waals surface area contributed by atoms with E-state index in [1.54, 1.807) is 36.7 Å². The zero-order valence-electron chi connectivity index (χ0n) is 15.7. The van der Waals surface area contributed by atoms with Gasteiger partial charge in [-0.25, -0.2) is 4.98 Å².